The van der Waals surface area contributed by atoms with E-state index in [9.17, 15) is 14.7 Å². The Labute approximate surface area is 236 Å². The van der Waals surface area contributed by atoms with Gasteiger partial charge in [-0.1, -0.05) is 67.2 Å². The Morgan fingerprint density at radius 1 is 0.850 bits per heavy atom. The van der Waals surface area contributed by atoms with E-state index >= 15 is 0 Å². The van der Waals surface area contributed by atoms with Gasteiger partial charge in [0.05, 0.1) is 35.6 Å². The molecule has 0 aliphatic carbocycles. The first-order valence-electron chi connectivity index (χ1n) is 13.0. The molecule has 2 aliphatic rings. The number of nitrogens with zero attached hydrogens (tertiary/aromatic N) is 3. The first-order chi connectivity index (χ1) is 19.5. The lowest BCUT2D eigenvalue weighted by molar-refractivity contribution is -0.268. The number of ether oxygens (including phenoxy) is 2. The fourth-order valence-electron chi connectivity index (χ4n) is 5.06. The molecule has 1 aromatic heterocycles. The number of thioether (sulfide) groups is 1. The highest BCUT2D eigenvalue weighted by Gasteiger charge is 2.40. The van der Waals surface area contributed by atoms with Crippen molar-refractivity contribution in [3.05, 3.63) is 119 Å². The van der Waals surface area contributed by atoms with Gasteiger partial charge in [0.25, 0.3) is 11.8 Å². The summed E-state index contributed by atoms with van der Waals surface area (Å²) >= 11 is 1.51. The lowest BCUT2D eigenvalue weighted by Gasteiger charge is -2.41. The van der Waals surface area contributed by atoms with Crippen LogP contribution in [0.3, 0.4) is 0 Å². The minimum Gasteiger partial charge on any atom is -0.392 e. The number of carbonyl (C=O) groups is 2. The van der Waals surface area contributed by atoms with Crippen molar-refractivity contribution in [2.75, 3.05) is 10.7 Å². The fraction of sp³-hybridized carbons (Fsp3) is 0.226. The molecule has 1 N–H and O–H groups in total. The smallest absolute Gasteiger partial charge is 0.266 e. The quantitative estimate of drug-likeness (QED) is 0.186. The number of benzene rings is 3. The molecular formula is C31H27N3O5S. The fourth-order valence-corrected chi connectivity index (χ4v) is 6.03. The Balaban J connectivity index is 1.30. The van der Waals surface area contributed by atoms with Gasteiger partial charge in [-0.3, -0.25) is 9.59 Å². The zero-order valence-corrected chi connectivity index (χ0v) is 22.5. The number of carbonyl (C=O) groups excluding carboxylic acids is 2. The Kier molecular flexibility index (Phi) is 7.44. The van der Waals surface area contributed by atoms with Crippen LogP contribution in [-0.4, -0.2) is 38.7 Å². The van der Waals surface area contributed by atoms with Crippen LogP contribution in [0.4, 0.5) is 5.69 Å². The summed E-state index contributed by atoms with van der Waals surface area (Å²) in [6.07, 6.45) is 2.18. The number of rotatable bonds is 7. The van der Waals surface area contributed by atoms with Crippen molar-refractivity contribution in [2.24, 2.45) is 5.92 Å². The average molecular weight is 554 g/mol. The Bertz CT molecular complexity index is 1500. The molecule has 3 aromatic carbocycles. The van der Waals surface area contributed by atoms with Crippen molar-refractivity contribution < 1.29 is 24.2 Å². The zero-order chi connectivity index (χ0) is 27.6. The van der Waals surface area contributed by atoms with E-state index in [4.69, 9.17) is 9.47 Å². The average Bonchev–Trinajstić information content (AvgIpc) is 3.26. The first-order valence-corrected chi connectivity index (χ1v) is 14.0. The topological polar surface area (TPSA) is 102 Å². The molecule has 0 spiro atoms. The summed E-state index contributed by atoms with van der Waals surface area (Å²) in [6, 6.07) is 23.5. The van der Waals surface area contributed by atoms with Gasteiger partial charge in [0.1, 0.15) is 0 Å². The van der Waals surface area contributed by atoms with Crippen molar-refractivity contribution in [1.82, 2.24) is 9.97 Å². The molecule has 0 unspecified atom stereocenters. The Hall–Kier alpha value is -3.89. The highest BCUT2D eigenvalue weighted by atomic mass is 32.2. The second-order valence-electron chi connectivity index (χ2n) is 9.75. The van der Waals surface area contributed by atoms with Gasteiger partial charge in [-0.2, -0.15) is 0 Å². The molecule has 6 rings (SSSR count). The molecule has 0 saturated carbocycles. The van der Waals surface area contributed by atoms with E-state index in [1.165, 1.54) is 16.7 Å². The molecule has 8 nitrogen and oxygen atoms in total. The van der Waals surface area contributed by atoms with E-state index in [0.29, 0.717) is 33.3 Å². The van der Waals surface area contributed by atoms with Crippen LogP contribution in [0.5, 0.6) is 0 Å². The lowest BCUT2D eigenvalue weighted by atomic mass is 9.91. The van der Waals surface area contributed by atoms with Crippen LogP contribution in [0.1, 0.15) is 56.7 Å². The van der Waals surface area contributed by atoms with Crippen molar-refractivity contribution >= 4 is 29.3 Å². The number of aliphatic hydroxyl groups is 1. The van der Waals surface area contributed by atoms with Crippen LogP contribution in [-0.2, 0) is 16.1 Å². The summed E-state index contributed by atoms with van der Waals surface area (Å²) in [6.45, 7) is 2.06. The van der Waals surface area contributed by atoms with E-state index in [-0.39, 0.29) is 36.5 Å². The maximum Gasteiger partial charge on any atom is 0.266 e. The summed E-state index contributed by atoms with van der Waals surface area (Å²) in [5.74, 6) is -0.104. The van der Waals surface area contributed by atoms with E-state index in [1.54, 1.807) is 60.9 Å². The monoisotopic (exact) mass is 553 g/mol. The number of amides is 2. The normalized spacial score (nSPS) is 22.4. The number of hydrogen-bond acceptors (Lipinski definition) is 8. The minimum atomic E-state index is -0.740. The lowest BCUT2D eigenvalue weighted by Crippen LogP contribution is -2.38. The van der Waals surface area contributed by atoms with E-state index in [1.807, 2.05) is 30.3 Å². The summed E-state index contributed by atoms with van der Waals surface area (Å²) < 4.78 is 13.1. The van der Waals surface area contributed by atoms with Crippen molar-refractivity contribution in [3.63, 3.8) is 0 Å². The largest absolute Gasteiger partial charge is 0.392 e. The summed E-state index contributed by atoms with van der Waals surface area (Å²) in [4.78, 5) is 36.1. The van der Waals surface area contributed by atoms with Crippen molar-refractivity contribution in [2.45, 2.75) is 37.2 Å². The number of fused-ring (bicyclic) bond motifs is 1. The Morgan fingerprint density at radius 2 is 1.55 bits per heavy atom. The van der Waals surface area contributed by atoms with Gasteiger partial charge in [0.15, 0.2) is 11.4 Å². The van der Waals surface area contributed by atoms with Gasteiger partial charge in [0.2, 0.25) is 0 Å². The molecule has 4 atom stereocenters. The molecule has 3 heterocycles. The second kappa shape index (κ2) is 11.3. The van der Waals surface area contributed by atoms with Crippen LogP contribution < -0.4 is 4.90 Å². The number of imide groups is 1. The van der Waals surface area contributed by atoms with Crippen LogP contribution >= 0.6 is 11.8 Å². The molecule has 0 radical (unpaired) electrons. The molecular weight excluding hydrogens is 526 g/mol. The zero-order valence-electron chi connectivity index (χ0n) is 21.7. The molecule has 2 amide bonds. The molecule has 9 heteroatoms. The third-order valence-corrected chi connectivity index (χ3v) is 8.20. The Morgan fingerprint density at radius 3 is 2.23 bits per heavy atom. The molecule has 202 valence electrons. The number of hydrogen-bond donors (Lipinski definition) is 1. The molecule has 2 aliphatic heterocycles. The van der Waals surface area contributed by atoms with Gasteiger partial charge in [-0.05, 0) is 41.5 Å². The summed E-state index contributed by atoms with van der Waals surface area (Å²) in [5, 5.41) is 10.2. The minimum absolute atomic E-state index is 0.00754. The second-order valence-corrected chi connectivity index (χ2v) is 10.7. The van der Waals surface area contributed by atoms with Crippen LogP contribution in [0.25, 0.3) is 0 Å². The van der Waals surface area contributed by atoms with Crippen LogP contribution in [0.2, 0.25) is 0 Å². The molecule has 4 aromatic rings. The predicted molar refractivity (Wildman–Crippen MR) is 150 cm³/mol. The summed E-state index contributed by atoms with van der Waals surface area (Å²) in [5.41, 5.74) is 3.74. The number of aliphatic hydroxyl groups excluding tert-OH is 1. The van der Waals surface area contributed by atoms with Gasteiger partial charge >= 0.3 is 0 Å². The standard InChI is InChI=1S/C31H27N3O5S/c1-19-26(18-40-31-32-14-5-15-33-31)38-30(39-27(19)21-12-10-20(17-35)11-13-21)22-6-4-7-23(16-22)34-28(36)24-8-2-3-9-25(24)29(34)37/h2-16,19,26-27,30,35H,17-18H2,1H3/t19-,26+,27+,30+/m1/s1. The highest BCUT2D eigenvalue weighted by molar-refractivity contribution is 7.99. The van der Waals surface area contributed by atoms with Gasteiger partial charge in [-0.15, -0.1) is 0 Å². The molecule has 1 fully saturated rings. The van der Waals surface area contributed by atoms with E-state index < -0.39 is 6.29 Å². The highest BCUT2D eigenvalue weighted by Crippen LogP contribution is 2.43. The summed E-state index contributed by atoms with van der Waals surface area (Å²) in [7, 11) is 0. The third-order valence-electron chi connectivity index (χ3n) is 7.24. The third kappa shape index (κ3) is 5.04. The number of anilines is 1. The van der Waals surface area contributed by atoms with E-state index in [2.05, 4.69) is 16.9 Å². The van der Waals surface area contributed by atoms with Crippen molar-refractivity contribution in [1.29, 1.82) is 0 Å². The number of aromatic nitrogens is 2. The first kappa shape index (κ1) is 26.3. The molecule has 0 bridgehead atoms. The van der Waals surface area contributed by atoms with Gasteiger partial charge in [-0.25, -0.2) is 14.9 Å². The van der Waals surface area contributed by atoms with Crippen LogP contribution in [0.15, 0.2) is 96.4 Å². The maximum absolute atomic E-state index is 13.1. The van der Waals surface area contributed by atoms with Gasteiger partial charge < -0.3 is 14.6 Å². The van der Waals surface area contributed by atoms with Crippen molar-refractivity contribution in [3.8, 4) is 0 Å². The van der Waals surface area contributed by atoms with Crippen LogP contribution in [0, 0.1) is 5.92 Å². The predicted octanol–water partition coefficient (Wildman–Crippen LogP) is 5.35. The molecule has 1 saturated heterocycles. The SMILES string of the molecule is C[C@@H]1[C@H](CSc2ncccn2)O[C@H](c2cccc(N3C(=O)c4ccccc4C3=O)c2)O[C@@H]1c1ccc(CO)cc1. The van der Waals surface area contributed by atoms with Gasteiger partial charge in [0, 0.05) is 29.6 Å². The molecule has 40 heavy (non-hydrogen) atoms. The van der Waals surface area contributed by atoms with E-state index in [0.717, 1.165) is 11.1 Å². The maximum atomic E-state index is 13.1.